The molecule has 0 radical (unpaired) electrons. The average Bonchev–Trinajstić information content (AvgIpc) is 2.08. The number of oxime groups is 1. The standard InChI is InChI=1S/C8H7BrClNO/c1-5-4-6(8(10)11-12)2-3-7(5)9/h2-4,12H,1H3/b11-8-. The fourth-order valence-electron chi connectivity index (χ4n) is 0.831. The SMILES string of the molecule is Cc1cc(/C(Cl)=N/O)ccc1Br. The van der Waals surface area contributed by atoms with E-state index in [0.29, 0.717) is 5.56 Å². The van der Waals surface area contributed by atoms with Crippen LogP contribution in [0, 0.1) is 6.92 Å². The molecule has 0 amide bonds. The van der Waals surface area contributed by atoms with Gasteiger partial charge in [-0.1, -0.05) is 38.8 Å². The Balaban J connectivity index is 3.13. The van der Waals surface area contributed by atoms with E-state index >= 15 is 0 Å². The molecule has 0 saturated heterocycles. The number of rotatable bonds is 1. The quantitative estimate of drug-likeness (QED) is 0.462. The van der Waals surface area contributed by atoms with E-state index in [-0.39, 0.29) is 5.17 Å². The van der Waals surface area contributed by atoms with Gasteiger partial charge in [0.25, 0.3) is 0 Å². The van der Waals surface area contributed by atoms with Crippen LogP contribution >= 0.6 is 27.5 Å². The fourth-order valence-corrected chi connectivity index (χ4v) is 1.19. The van der Waals surface area contributed by atoms with Crippen LogP contribution in [0.2, 0.25) is 0 Å². The second kappa shape index (κ2) is 3.92. The molecule has 4 heteroatoms. The molecular weight excluding hydrogens is 241 g/mol. The lowest BCUT2D eigenvalue weighted by Crippen LogP contribution is -1.91. The summed E-state index contributed by atoms with van der Waals surface area (Å²) in [5.74, 6) is 0. The highest BCUT2D eigenvalue weighted by molar-refractivity contribution is 9.10. The number of nitrogens with zero attached hydrogens (tertiary/aromatic N) is 1. The van der Waals surface area contributed by atoms with Gasteiger partial charge in [-0.3, -0.25) is 0 Å². The molecule has 1 aromatic carbocycles. The first-order chi connectivity index (χ1) is 5.65. The molecule has 0 spiro atoms. The molecule has 0 bridgehead atoms. The predicted octanol–water partition coefficient (Wildman–Crippen LogP) is 3.13. The fraction of sp³-hybridized carbons (Fsp3) is 0.125. The summed E-state index contributed by atoms with van der Waals surface area (Å²) in [4.78, 5) is 0. The summed E-state index contributed by atoms with van der Waals surface area (Å²) >= 11 is 8.95. The second-order valence-electron chi connectivity index (χ2n) is 2.35. The minimum absolute atomic E-state index is 0.102. The van der Waals surface area contributed by atoms with Crippen molar-refractivity contribution in [1.29, 1.82) is 0 Å². The molecule has 0 unspecified atom stereocenters. The summed E-state index contributed by atoms with van der Waals surface area (Å²) < 4.78 is 1.01. The summed E-state index contributed by atoms with van der Waals surface area (Å²) in [6.07, 6.45) is 0. The van der Waals surface area contributed by atoms with Gasteiger partial charge in [0.05, 0.1) is 0 Å². The number of benzene rings is 1. The first-order valence-corrected chi connectivity index (χ1v) is 4.46. The van der Waals surface area contributed by atoms with Gasteiger partial charge < -0.3 is 5.21 Å². The molecule has 2 nitrogen and oxygen atoms in total. The van der Waals surface area contributed by atoms with E-state index in [0.717, 1.165) is 10.0 Å². The van der Waals surface area contributed by atoms with Crippen LogP contribution in [0.5, 0.6) is 0 Å². The molecule has 0 aromatic heterocycles. The number of halogens is 2. The van der Waals surface area contributed by atoms with Gasteiger partial charge in [-0.05, 0) is 24.6 Å². The second-order valence-corrected chi connectivity index (χ2v) is 3.57. The summed E-state index contributed by atoms with van der Waals surface area (Å²) in [5, 5.41) is 11.4. The maximum absolute atomic E-state index is 8.39. The third kappa shape index (κ3) is 1.99. The molecular formula is C8H7BrClNO. The van der Waals surface area contributed by atoms with Crippen molar-refractivity contribution in [2.75, 3.05) is 0 Å². The molecule has 0 atom stereocenters. The van der Waals surface area contributed by atoms with Gasteiger partial charge in [-0.25, -0.2) is 0 Å². The van der Waals surface area contributed by atoms with Crippen molar-refractivity contribution < 1.29 is 5.21 Å². The first kappa shape index (κ1) is 9.55. The van der Waals surface area contributed by atoms with Crippen LogP contribution in [0.1, 0.15) is 11.1 Å². The molecule has 0 aliphatic heterocycles. The van der Waals surface area contributed by atoms with Gasteiger partial charge in [0.1, 0.15) is 0 Å². The molecule has 0 saturated carbocycles. The maximum atomic E-state index is 8.39. The molecule has 64 valence electrons. The molecule has 12 heavy (non-hydrogen) atoms. The lowest BCUT2D eigenvalue weighted by Gasteiger charge is -2.00. The van der Waals surface area contributed by atoms with Crippen molar-refractivity contribution >= 4 is 32.7 Å². The zero-order valence-corrected chi connectivity index (χ0v) is 8.72. The van der Waals surface area contributed by atoms with Crippen molar-refractivity contribution in [2.45, 2.75) is 6.92 Å². The van der Waals surface area contributed by atoms with Crippen molar-refractivity contribution in [2.24, 2.45) is 5.16 Å². The van der Waals surface area contributed by atoms with Crippen molar-refractivity contribution in [3.8, 4) is 0 Å². The molecule has 1 N–H and O–H groups in total. The van der Waals surface area contributed by atoms with E-state index in [1.807, 2.05) is 19.1 Å². The summed E-state index contributed by atoms with van der Waals surface area (Å²) in [6.45, 7) is 1.94. The Kier molecular flexibility index (Phi) is 3.12. The van der Waals surface area contributed by atoms with Gasteiger partial charge in [0, 0.05) is 10.0 Å². The first-order valence-electron chi connectivity index (χ1n) is 3.29. The van der Waals surface area contributed by atoms with E-state index in [4.69, 9.17) is 16.8 Å². The monoisotopic (exact) mass is 247 g/mol. The molecule has 0 heterocycles. The predicted molar refractivity (Wildman–Crippen MR) is 53.1 cm³/mol. The summed E-state index contributed by atoms with van der Waals surface area (Å²) in [6, 6.07) is 5.48. The van der Waals surface area contributed by atoms with E-state index in [1.165, 1.54) is 0 Å². The van der Waals surface area contributed by atoms with Crippen LogP contribution in [0.3, 0.4) is 0 Å². The van der Waals surface area contributed by atoms with Gasteiger partial charge >= 0.3 is 0 Å². The van der Waals surface area contributed by atoms with Crippen LogP contribution in [0.15, 0.2) is 27.8 Å². The van der Waals surface area contributed by atoms with Gasteiger partial charge in [0.15, 0.2) is 5.17 Å². The van der Waals surface area contributed by atoms with Gasteiger partial charge in [-0.2, -0.15) is 0 Å². The van der Waals surface area contributed by atoms with E-state index in [9.17, 15) is 0 Å². The van der Waals surface area contributed by atoms with Crippen LogP contribution in [0.25, 0.3) is 0 Å². The minimum atomic E-state index is 0.102. The zero-order valence-electron chi connectivity index (χ0n) is 6.38. The van der Waals surface area contributed by atoms with Crippen LogP contribution in [0.4, 0.5) is 0 Å². The molecule has 1 rings (SSSR count). The summed E-state index contributed by atoms with van der Waals surface area (Å²) in [5.41, 5.74) is 1.76. The summed E-state index contributed by atoms with van der Waals surface area (Å²) in [7, 11) is 0. The van der Waals surface area contributed by atoms with Crippen molar-refractivity contribution in [3.05, 3.63) is 33.8 Å². The molecule has 0 aliphatic rings. The Bertz CT molecular complexity index is 325. The molecule has 0 fully saturated rings. The van der Waals surface area contributed by atoms with E-state index in [2.05, 4.69) is 21.1 Å². The highest BCUT2D eigenvalue weighted by Gasteiger charge is 2.01. The Morgan fingerprint density at radius 3 is 2.75 bits per heavy atom. The maximum Gasteiger partial charge on any atom is 0.175 e. The Labute approximate surface area is 84.0 Å². The number of aryl methyl sites for hydroxylation is 1. The van der Waals surface area contributed by atoms with Crippen LogP contribution in [-0.2, 0) is 0 Å². The number of hydrogen-bond donors (Lipinski definition) is 1. The molecule has 0 aliphatic carbocycles. The molecule has 1 aromatic rings. The third-order valence-corrected chi connectivity index (χ3v) is 2.67. The Morgan fingerprint density at radius 2 is 2.25 bits per heavy atom. The van der Waals surface area contributed by atoms with Gasteiger partial charge in [0.2, 0.25) is 0 Å². The zero-order chi connectivity index (χ0) is 9.14. The van der Waals surface area contributed by atoms with E-state index in [1.54, 1.807) is 6.07 Å². The Morgan fingerprint density at radius 1 is 1.58 bits per heavy atom. The third-order valence-electron chi connectivity index (χ3n) is 1.48. The van der Waals surface area contributed by atoms with Crippen molar-refractivity contribution in [3.63, 3.8) is 0 Å². The normalized spacial score (nSPS) is 11.8. The smallest absolute Gasteiger partial charge is 0.175 e. The average molecular weight is 249 g/mol. The van der Waals surface area contributed by atoms with Crippen LogP contribution in [-0.4, -0.2) is 10.4 Å². The number of hydrogen-bond acceptors (Lipinski definition) is 2. The largest absolute Gasteiger partial charge is 0.410 e. The van der Waals surface area contributed by atoms with E-state index < -0.39 is 0 Å². The topological polar surface area (TPSA) is 32.6 Å². The minimum Gasteiger partial charge on any atom is -0.410 e. The lowest BCUT2D eigenvalue weighted by molar-refractivity contribution is 0.321. The Hall–Kier alpha value is -0.540. The van der Waals surface area contributed by atoms with Gasteiger partial charge in [-0.15, -0.1) is 0 Å². The highest BCUT2D eigenvalue weighted by Crippen LogP contribution is 2.18. The highest BCUT2D eigenvalue weighted by atomic mass is 79.9. The van der Waals surface area contributed by atoms with Crippen molar-refractivity contribution in [1.82, 2.24) is 0 Å². The lowest BCUT2D eigenvalue weighted by atomic mass is 10.1. The van der Waals surface area contributed by atoms with Crippen LogP contribution < -0.4 is 0 Å².